The Kier molecular flexibility index (Phi) is 6.20. The number of ether oxygens (including phenoxy) is 1. The van der Waals surface area contributed by atoms with Crippen LogP contribution in [0.5, 0.6) is 5.75 Å². The number of hydrogen-bond donors (Lipinski definition) is 1. The zero-order valence-electron chi connectivity index (χ0n) is 16.2. The van der Waals surface area contributed by atoms with E-state index in [2.05, 4.69) is 20.6 Å². The molecule has 1 N–H and O–H groups in total. The molecule has 0 aliphatic carbocycles. The molecule has 2 aromatic heterocycles. The molecule has 2 heterocycles. The third kappa shape index (κ3) is 4.93. The zero-order chi connectivity index (χ0) is 20.8. The first-order chi connectivity index (χ1) is 14.7. The summed E-state index contributed by atoms with van der Waals surface area (Å²) in [7, 11) is 0. The minimum absolute atomic E-state index is 0.324. The van der Waals surface area contributed by atoms with Gasteiger partial charge in [0, 0.05) is 40.9 Å². The minimum Gasteiger partial charge on any atom is -0.487 e. The first kappa shape index (κ1) is 19.8. The summed E-state index contributed by atoms with van der Waals surface area (Å²) >= 11 is 6.04. The molecule has 0 spiro atoms. The molecule has 0 radical (unpaired) electrons. The van der Waals surface area contributed by atoms with Gasteiger partial charge in [0.1, 0.15) is 24.3 Å². The van der Waals surface area contributed by atoms with E-state index in [4.69, 9.17) is 16.3 Å². The average Bonchev–Trinajstić information content (AvgIpc) is 3.23. The van der Waals surface area contributed by atoms with Crippen molar-refractivity contribution < 1.29 is 9.53 Å². The van der Waals surface area contributed by atoms with Gasteiger partial charge in [-0.2, -0.15) is 0 Å². The van der Waals surface area contributed by atoms with Crippen LogP contribution in [0.3, 0.4) is 0 Å². The molecule has 4 rings (SSSR count). The predicted octanol–water partition coefficient (Wildman–Crippen LogP) is 4.37. The van der Waals surface area contributed by atoms with Crippen molar-refractivity contribution in [1.29, 1.82) is 0 Å². The molecular weight excluding hydrogens is 402 g/mol. The number of nitrogens with one attached hydrogen (secondary N) is 1. The van der Waals surface area contributed by atoms with Crippen LogP contribution in [0.1, 0.15) is 22.5 Å². The lowest BCUT2D eigenvalue weighted by Crippen LogP contribution is -2.07. The molecule has 8 heteroatoms. The van der Waals surface area contributed by atoms with Crippen molar-refractivity contribution in [2.24, 2.45) is 0 Å². The van der Waals surface area contributed by atoms with Gasteiger partial charge in [0.2, 0.25) is 0 Å². The van der Waals surface area contributed by atoms with Crippen molar-refractivity contribution in [2.45, 2.75) is 19.6 Å². The monoisotopic (exact) mass is 421 g/mol. The summed E-state index contributed by atoms with van der Waals surface area (Å²) in [5, 5.41) is 13.5. The van der Waals surface area contributed by atoms with Crippen LogP contribution in [0.2, 0.25) is 5.02 Å². The number of pyridine rings is 1. The molecule has 0 aliphatic heterocycles. The van der Waals surface area contributed by atoms with Crippen LogP contribution in [0.4, 0.5) is 5.69 Å². The smallest absolute Gasteiger partial charge is 0.150 e. The number of anilines is 1. The summed E-state index contributed by atoms with van der Waals surface area (Å²) in [6.45, 7) is 1.85. The number of fused-ring (bicyclic) bond motifs is 1. The summed E-state index contributed by atoms with van der Waals surface area (Å²) in [5.74, 6) is 0.685. The van der Waals surface area contributed by atoms with Gasteiger partial charge in [-0.15, -0.1) is 5.10 Å². The van der Waals surface area contributed by atoms with Crippen LogP contribution in [0.25, 0.3) is 10.9 Å². The van der Waals surface area contributed by atoms with Crippen molar-refractivity contribution in [3.8, 4) is 5.75 Å². The van der Waals surface area contributed by atoms with Gasteiger partial charge < -0.3 is 10.1 Å². The van der Waals surface area contributed by atoms with Crippen LogP contribution in [0, 0.1) is 0 Å². The maximum absolute atomic E-state index is 10.7. The Labute approximate surface area is 178 Å². The highest BCUT2D eigenvalue weighted by molar-refractivity contribution is 6.31. The maximum Gasteiger partial charge on any atom is 0.150 e. The third-order valence-corrected chi connectivity index (χ3v) is 4.81. The fourth-order valence-electron chi connectivity index (χ4n) is 3.05. The molecule has 0 aliphatic rings. The van der Waals surface area contributed by atoms with Crippen LogP contribution < -0.4 is 10.1 Å². The Morgan fingerprint density at radius 3 is 2.83 bits per heavy atom. The number of aromatic nitrogens is 4. The Morgan fingerprint density at radius 1 is 1.13 bits per heavy atom. The molecule has 4 aromatic rings. The number of halogens is 1. The topological polar surface area (TPSA) is 81.9 Å². The van der Waals surface area contributed by atoms with Crippen LogP contribution in [0.15, 0.2) is 60.9 Å². The van der Waals surface area contributed by atoms with E-state index in [0.29, 0.717) is 22.9 Å². The first-order valence-corrected chi connectivity index (χ1v) is 9.94. The molecule has 7 nitrogen and oxygen atoms in total. The van der Waals surface area contributed by atoms with E-state index < -0.39 is 0 Å². The number of rotatable bonds is 9. The number of nitrogens with zero attached hydrogens (tertiary/aromatic N) is 4. The van der Waals surface area contributed by atoms with Crippen LogP contribution in [-0.2, 0) is 13.2 Å². The summed E-state index contributed by atoms with van der Waals surface area (Å²) in [6, 6.07) is 14.6. The van der Waals surface area contributed by atoms with Gasteiger partial charge in [0.15, 0.2) is 0 Å². The van der Waals surface area contributed by atoms with Gasteiger partial charge >= 0.3 is 0 Å². The van der Waals surface area contributed by atoms with Gasteiger partial charge in [-0.3, -0.25) is 14.5 Å². The lowest BCUT2D eigenvalue weighted by molar-refractivity contribution is 0.112. The van der Waals surface area contributed by atoms with Crippen molar-refractivity contribution in [1.82, 2.24) is 20.0 Å². The standard InChI is InChI=1S/C22H20ClN5O2/c23-17-4-7-20-21(8-10-25-22(20)12-17)24-9-1-11-28-13-18(26-27-28)15-30-19-5-2-16(14-29)3-6-19/h2-8,10,12-14H,1,9,11,15H2,(H,24,25). The van der Waals surface area contributed by atoms with Crippen molar-refractivity contribution in [3.05, 3.63) is 77.2 Å². The molecule has 0 bridgehead atoms. The summed E-state index contributed by atoms with van der Waals surface area (Å²) in [5.41, 5.74) is 3.27. The second kappa shape index (κ2) is 9.37. The molecule has 0 atom stereocenters. The Hall–Kier alpha value is -3.45. The SMILES string of the molecule is O=Cc1ccc(OCc2cn(CCCNc3ccnc4cc(Cl)ccc34)nn2)cc1. The fourth-order valence-corrected chi connectivity index (χ4v) is 3.22. The fraction of sp³-hybridized carbons (Fsp3) is 0.182. The number of carbonyl (C=O) groups excluding carboxylic acids is 1. The first-order valence-electron chi connectivity index (χ1n) is 9.56. The molecule has 0 fully saturated rings. The molecule has 0 amide bonds. The van der Waals surface area contributed by atoms with Gasteiger partial charge in [0.05, 0.1) is 11.7 Å². The largest absolute Gasteiger partial charge is 0.487 e. The van der Waals surface area contributed by atoms with E-state index in [1.807, 2.05) is 30.5 Å². The van der Waals surface area contributed by atoms with E-state index in [1.165, 1.54) is 0 Å². The normalized spacial score (nSPS) is 10.8. The zero-order valence-corrected chi connectivity index (χ0v) is 16.9. The molecule has 0 unspecified atom stereocenters. The van der Waals surface area contributed by atoms with E-state index in [-0.39, 0.29) is 0 Å². The quantitative estimate of drug-likeness (QED) is 0.319. The molecule has 152 valence electrons. The number of carbonyl (C=O) groups is 1. The van der Waals surface area contributed by atoms with E-state index in [1.54, 1.807) is 35.1 Å². The number of aryl methyl sites for hydroxylation is 1. The summed E-state index contributed by atoms with van der Waals surface area (Å²) in [4.78, 5) is 15.0. The van der Waals surface area contributed by atoms with Gasteiger partial charge in [-0.05, 0) is 55.0 Å². The molecule has 0 saturated carbocycles. The Morgan fingerprint density at radius 2 is 2.00 bits per heavy atom. The lowest BCUT2D eigenvalue weighted by Gasteiger charge is -2.09. The second-order valence-electron chi connectivity index (χ2n) is 6.75. The molecular formula is C22H20ClN5O2. The Balaban J connectivity index is 1.25. The highest BCUT2D eigenvalue weighted by atomic mass is 35.5. The average molecular weight is 422 g/mol. The maximum atomic E-state index is 10.7. The number of aldehydes is 1. The van der Waals surface area contributed by atoms with Crippen molar-refractivity contribution >= 4 is 34.5 Å². The summed E-state index contributed by atoms with van der Waals surface area (Å²) in [6.07, 6.45) is 5.34. The molecule has 30 heavy (non-hydrogen) atoms. The molecule has 0 saturated heterocycles. The van der Waals surface area contributed by atoms with E-state index in [0.717, 1.165) is 48.1 Å². The van der Waals surface area contributed by atoms with Crippen molar-refractivity contribution in [2.75, 3.05) is 11.9 Å². The minimum atomic E-state index is 0.324. The van der Waals surface area contributed by atoms with Gasteiger partial charge in [-0.1, -0.05) is 16.8 Å². The van der Waals surface area contributed by atoms with Gasteiger partial charge in [0.25, 0.3) is 0 Å². The van der Waals surface area contributed by atoms with E-state index >= 15 is 0 Å². The molecule has 2 aromatic carbocycles. The second-order valence-corrected chi connectivity index (χ2v) is 7.19. The number of hydrogen-bond acceptors (Lipinski definition) is 6. The highest BCUT2D eigenvalue weighted by Crippen LogP contribution is 2.24. The Bertz CT molecular complexity index is 1140. The number of benzene rings is 2. The third-order valence-electron chi connectivity index (χ3n) is 4.57. The lowest BCUT2D eigenvalue weighted by atomic mass is 10.2. The van der Waals surface area contributed by atoms with Crippen LogP contribution in [-0.4, -0.2) is 32.8 Å². The summed E-state index contributed by atoms with van der Waals surface area (Å²) < 4.78 is 7.48. The van der Waals surface area contributed by atoms with E-state index in [9.17, 15) is 4.79 Å². The predicted molar refractivity (Wildman–Crippen MR) is 116 cm³/mol. The van der Waals surface area contributed by atoms with Crippen LogP contribution >= 0.6 is 11.6 Å². The highest BCUT2D eigenvalue weighted by Gasteiger charge is 2.04. The van der Waals surface area contributed by atoms with Crippen molar-refractivity contribution in [3.63, 3.8) is 0 Å². The van der Waals surface area contributed by atoms with Gasteiger partial charge in [-0.25, -0.2) is 0 Å².